The van der Waals surface area contributed by atoms with Crippen molar-refractivity contribution in [3.63, 3.8) is 0 Å². The molecule has 8 nitrogen and oxygen atoms in total. The van der Waals surface area contributed by atoms with Crippen molar-refractivity contribution in [2.75, 3.05) is 36.8 Å². The summed E-state index contributed by atoms with van der Waals surface area (Å²) in [5.41, 5.74) is 6.75. The molecule has 27 heavy (non-hydrogen) atoms. The second-order valence-electron chi connectivity index (χ2n) is 7.88. The van der Waals surface area contributed by atoms with Gasteiger partial charge in [0.25, 0.3) is 0 Å². The Labute approximate surface area is 160 Å². The molecule has 0 aromatic carbocycles. The highest BCUT2D eigenvalue weighted by Gasteiger charge is 2.27. The Hall–Kier alpha value is -2.22. The maximum Gasteiger partial charge on any atom is 0.222 e. The number of nitrogen functional groups attached to an aromatic ring is 1. The third kappa shape index (κ3) is 4.05. The van der Waals surface area contributed by atoms with E-state index in [2.05, 4.69) is 41.6 Å². The number of anilines is 2. The van der Waals surface area contributed by atoms with Crippen molar-refractivity contribution in [3.8, 4) is 0 Å². The maximum atomic E-state index is 5.85. The molecule has 2 aliphatic heterocycles. The fourth-order valence-corrected chi connectivity index (χ4v) is 4.32. The highest BCUT2D eigenvalue weighted by Crippen LogP contribution is 2.29. The normalized spacial score (nSPS) is 21.6. The summed E-state index contributed by atoms with van der Waals surface area (Å²) >= 11 is 0. The van der Waals surface area contributed by atoms with Gasteiger partial charge >= 0.3 is 0 Å². The molecule has 0 unspecified atom stereocenters. The summed E-state index contributed by atoms with van der Waals surface area (Å²) < 4.78 is 2.21. The molecule has 8 heteroatoms. The molecule has 0 saturated carbocycles. The molecular formula is C19H30N8. The van der Waals surface area contributed by atoms with E-state index >= 15 is 0 Å². The fourth-order valence-electron chi connectivity index (χ4n) is 4.32. The summed E-state index contributed by atoms with van der Waals surface area (Å²) in [6.45, 7) is 7.10. The van der Waals surface area contributed by atoms with Crippen LogP contribution in [0, 0.1) is 6.92 Å². The van der Waals surface area contributed by atoms with E-state index in [-0.39, 0.29) is 0 Å². The molecule has 2 N–H and O–H groups in total. The Kier molecular flexibility index (Phi) is 5.24. The predicted molar refractivity (Wildman–Crippen MR) is 106 cm³/mol. The summed E-state index contributed by atoms with van der Waals surface area (Å²) in [5.74, 6) is 3.79. The van der Waals surface area contributed by atoms with Gasteiger partial charge in [-0.15, -0.1) is 10.2 Å². The molecule has 1 atom stereocenters. The molecule has 0 aliphatic carbocycles. The molecule has 4 rings (SSSR count). The molecule has 4 heterocycles. The third-order valence-electron chi connectivity index (χ3n) is 5.78. The summed E-state index contributed by atoms with van der Waals surface area (Å²) in [5, 5.41) is 9.09. The van der Waals surface area contributed by atoms with E-state index in [0.717, 1.165) is 55.6 Å². The number of likely N-dealkylation sites (tertiary alicyclic amines) is 1. The zero-order chi connectivity index (χ0) is 18.8. The lowest BCUT2D eigenvalue weighted by Crippen LogP contribution is -2.36. The zero-order valence-electron chi connectivity index (χ0n) is 16.4. The number of aryl methyl sites for hydroxylation is 1. The zero-order valence-corrected chi connectivity index (χ0v) is 16.4. The van der Waals surface area contributed by atoms with Crippen LogP contribution in [0.2, 0.25) is 0 Å². The molecule has 0 spiro atoms. The van der Waals surface area contributed by atoms with Crippen LogP contribution in [0.25, 0.3) is 0 Å². The van der Waals surface area contributed by atoms with Gasteiger partial charge in [0.2, 0.25) is 5.95 Å². The van der Waals surface area contributed by atoms with Crippen molar-refractivity contribution in [1.82, 2.24) is 29.6 Å². The number of hydrogen-bond donors (Lipinski definition) is 1. The van der Waals surface area contributed by atoms with E-state index in [9.17, 15) is 0 Å². The highest BCUT2D eigenvalue weighted by atomic mass is 15.3. The molecular weight excluding hydrogens is 340 g/mol. The first-order chi connectivity index (χ1) is 13.1. The van der Waals surface area contributed by atoms with Gasteiger partial charge in [-0.2, -0.15) is 4.98 Å². The first-order valence-electron chi connectivity index (χ1n) is 10.1. The second kappa shape index (κ2) is 7.80. The van der Waals surface area contributed by atoms with Gasteiger partial charge < -0.3 is 15.2 Å². The van der Waals surface area contributed by atoms with Gasteiger partial charge in [-0.1, -0.05) is 6.42 Å². The Bertz CT molecular complexity index is 760. The van der Waals surface area contributed by atoms with E-state index in [1.165, 1.54) is 32.4 Å². The van der Waals surface area contributed by atoms with Crippen LogP contribution in [0.15, 0.2) is 6.07 Å². The Morgan fingerprint density at radius 3 is 2.67 bits per heavy atom. The van der Waals surface area contributed by atoms with E-state index in [0.29, 0.717) is 11.9 Å². The topological polar surface area (TPSA) is 89.0 Å². The summed E-state index contributed by atoms with van der Waals surface area (Å²) in [7, 11) is 2.11. The Morgan fingerprint density at radius 2 is 1.89 bits per heavy atom. The van der Waals surface area contributed by atoms with Crippen molar-refractivity contribution in [2.45, 2.75) is 51.5 Å². The van der Waals surface area contributed by atoms with Crippen LogP contribution in [-0.2, 0) is 13.6 Å². The molecule has 2 aromatic heterocycles. The van der Waals surface area contributed by atoms with Crippen LogP contribution in [0.5, 0.6) is 0 Å². The largest absolute Gasteiger partial charge is 0.368 e. The first kappa shape index (κ1) is 18.2. The SMILES string of the molecule is Cc1cc(N2CCC[C@@H](c3nnc(CN4CCCCC4)n3C)C2)nc(N)n1. The lowest BCUT2D eigenvalue weighted by atomic mass is 9.97. The van der Waals surface area contributed by atoms with Gasteiger partial charge in [-0.25, -0.2) is 4.98 Å². The average Bonchev–Trinajstić information content (AvgIpc) is 3.02. The lowest BCUT2D eigenvalue weighted by Gasteiger charge is -2.33. The average molecular weight is 371 g/mol. The Morgan fingerprint density at radius 1 is 1.07 bits per heavy atom. The molecule has 2 aromatic rings. The standard InChI is InChI=1S/C19H30N8/c1-14-11-16(22-19(20)21-14)27-10-6-7-15(12-27)18-24-23-17(25(18)2)13-26-8-4-3-5-9-26/h11,15H,3-10,12-13H2,1-2H3,(H2,20,21,22)/t15-/m1/s1. The van der Waals surface area contributed by atoms with E-state index in [4.69, 9.17) is 5.73 Å². The summed E-state index contributed by atoms with van der Waals surface area (Å²) in [6.07, 6.45) is 6.19. The highest BCUT2D eigenvalue weighted by molar-refractivity contribution is 5.44. The smallest absolute Gasteiger partial charge is 0.222 e. The minimum Gasteiger partial charge on any atom is -0.368 e. The van der Waals surface area contributed by atoms with Crippen LogP contribution in [-0.4, -0.2) is 55.8 Å². The predicted octanol–water partition coefficient (Wildman–Crippen LogP) is 1.87. The quantitative estimate of drug-likeness (QED) is 0.879. The van der Waals surface area contributed by atoms with Crippen LogP contribution in [0.3, 0.4) is 0 Å². The third-order valence-corrected chi connectivity index (χ3v) is 5.78. The molecule has 0 amide bonds. The van der Waals surface area contributed by atoms with E-state index in [1.54, 1.807) is 0 Å². The molecule has 146 valence electrons. The van der Waals surface area contributed by atoms with Crippen molar-refractivity contribution in [3.05, 3.63) is 23.4 Å². The first-order valence-corrected chi connectivity index (χ1v) is 10.1. The van der Waals surface area contributed by atoms with Gasteiger partial charge in [0, 0.05) is 37.8 Å². The fraction of sp³-hybridized carbons (Fsp3) is 0.684. The van der Waals surface area contributed by atoms with Gasteiger partial charge in [0.05, 0.1) is 6.54 Å². The number of nitrogens with two attached hydrogens (primary N) is 1. The van der Waals surface area contributed by atoms with E-state index in [1.807, 2.05) is 13.0 Å². The summed E-state index contributed by atoms with van der Waals surface area (Å²) in [4.78, 5) is 13.4. The number of piperidine rings is 2. The van der Waals surface area contributed by atoms with E-state index < -0.39 is 0 Å². The minimum atomic E-state index is 0.342. The monoisotopic (exact) mass is 370 g/mol. The molecule has 0 bridgehead atoms. The lowest BCUT2D eigenvalue weighted by molar-refractivity contribution is 0.213. The van der Waals surface area contributed by atoms with Gasteiger partial charge in [-0.05, 0) is 45.7 Å². The molecule has 2 saturated heterocycles. The van der Waals surface area contributed by atoms with Crippen LogP contribution >= 0.6 is 0 Å². The number of aromatic nitrogens is 5. The van der Waals surface area contributed by atoms with Gasteiger partial charge in [0.15, 0.2) is 0 Å². The molecule has 2 aliphatic rings. The van der Waals surface area contributed by atoms with Crippen LogP contribution in [0.1, 0.15) is 55.4 Å². The molecule has 2 fully saturated rings. The van der Waals surface area contributed by atoms with Crippen LogP contribution in [0.4, 0.5) is 11.8 Å². The number of nitrogens with zero attached hydrogens (tertiary/aromatic N) is 7. The van der Waals surface area contributed by atoms with Crippen molar-refractivity contribution in [2.24, 2.45) is 7.05 Å². The Balaban J connectivity index is 1.48. The van der Waals surface area contributed by atoms with Crippen molar-refractivity contribution in [1.29, 1.82) is 0 Å². The van der Waals surface area contributed by atoms with Gasteiger partial charge in [-0.3, -0.25) is 4.90 Å². The number of rotatable bonds is 4. The minimum absolute atomic E-state index is 0.342. The number of hydrogen-bond acceptors (Lipinski definition) is 7. The maximum absolute atomic E-state index is 5.85. The van der Waals surface area contributed by atoms with Crippen molar-refractivity contribution >= 4 is 11.8 Å². The second-order valence-corrected chi connectivity index (χ2v) is 7.88. The van der Waals surface area contributed by atoms with Crippen molar-refractivity contribution < 1.29 is 0 Å². The van der Waals surface area contributed by atoms with Gasteiger partial charge in [0.1, 0.15) is 17.5 Å². The summed E-state index contributed by atoms with van der Waals surface area (Å²) in [6, 6.07) is 2.01. The van der Waals surface area contributed by atoms with Crippen LogP contribution < -0.4 is 10.6 Å². The molecule has 0 radical (unpaired) electrons.